The molecule has 1 rings (SSSR count). The molecule has 0 amide bonds. The molecule has 6 heteroatoms. The molecule has 0 aromatic heterocycles. The standard InChI is InChI=1S/C9H10BrO4P/c1-13-15(12,14-2)9(11)7-5-3-4-6-8(7)10/h3-6H,1-2H3. The van der Waals surface area contributed by atoms with Crippen molar-refractivity contribution in [3.63, 3.8) is 0 Å². The summed E-state index contributed by atoms with van der Waals surface area (Å²) < 4.78 is 21.6. The number of carbonyl (C=O) groups is 1. The summed E-state index contributed by atoms with van der Waals surface area (Å²) in [7, 11) is -1.33. The van der Waals surface area contributed by atoms with Crippen LogP contribution in [0.5, 0.6) is 0 Å². The first kappa shape index (κ1) is 12.6. The van der Waals surface area contributed by atoms with Crippen molar-refractivity contribution in [2.45, 2.75) is 0 Å². The normalized spacial score (nSPS) is 11.4. The Kier molecular flexibility index (Phi) is 4.22. The monoisotopic (exact) mass is 292 g/mol. The van der Waals surface area contributed by atoms with Gasteiger partial charge in [0, 0.05) is 24.3 Å². The summed E-state index contributed by atoms with van der Waals surface area (Å²) in [4.78, 5) is 11.8. The number of hydrogen-bond acceptors (Lipinski definition) is 4. The van der Waals surface area contributed by atoms with Gasteiger partial charge in [-0.3, -0.25) is 9.36 Å². The highest BCUT2D eigenvalue weighted by Gasteiger charge is 2.34. The fourth-order valence-corrected chi connectivity index (χ4v) is 2.61. The fourth-order valence-electron chi connectivity index (χ4n) is 1.02. The Labute approximate surface area is 96.2 Å². The molecule has 0 aliphatic heterocycles. The second-order valence-electron chi connectivity index (χ2n) is 2.65. The fraction of sp³-hybridized carbons (Fsp3) is 0.222. The zero-order valence-electron chi connectivity index (χ0n) is 8.27. The van der Waals surface area contributed by atoms with Gasteiger partial charge in [-0.05, 0) is 12.1 Å². The quantitative estimate of drug-likeness (QED) is 0.800. The van der Waals surface area contributed by atoms with E-state index in [0.717, 1.165) is 0 Å². The van der Waals surface area contributed by atoms with Crippen molar-refractivity contribution in [1.82, 2.24) is 0 Å². The maximum absolute atomic E-state index is 11.8. The molecule has 0 spiro atoms. The number of rotatable bonds is 4. The minimum atomic E-state index is -3.69. The van der Waals surface area contributed by atoms with Crippen LogP contribution in [0.25, 0.3) is 0 Å². The lowest BCUT2D eigenvalue weighted by Crippen LogP contribution is -2.04. The van der Waals surface area contributed by atoms with E-state index in [4.69, 9.17) is 0 Å². The summed E-state index contributed by atoms with van der Waals surface area (Å²) in [6, 6.07) is 6.67. The topological polar surface area (TPSA) is 52.6 Å². The van der Waals surface area contributed by atoms with Crippen LogP contribution in [0.2, 0.25) is 0 Å². The van der Waals surface area contributed by atoms with Crippen molar-refractivity contribution in [3.8, 4) is 0 Å². The van der Waals surface area contributed by atoms with E-state index < -0.39 is 13.1 Å². The molecule has 1 aromatic carbocycles. The second kappa shape index (κ2) is 5.03. The average molecular weight is 293 g/mol. The third kappa shape index (κ3) is 2.55. The summed E-state index contributed by atoms with van der Waals surface area (Å²) >= 11 is 3.19. The van der Waals surface area contributed by atoms with Crippen LogP contribution in [0.15, 0.2) is 28.7 Å². The maximum Gasteiger partial charge on any atom is 0.401 e. The predicted octanol–water partition coefficient (Wildman–Crippen LogP) is 3.08. The molecule has 0 N–H and O–H groups in total. The molecule has 15 heavy (non-hydrogen) atoms. The number of benzene rings is 1. The van der Waals surface area contributed by atoms with Gasteiger partial charge in [-0.1, -0.05) is 28.1 Å². The third-order valence-electron chi connectivity index (χ3n) is 1.83. The van der Waals surface area contributed by atoms with Gasteiger partial charge in [0.1, 0.15) is 0 Å². The summed E-state index contributed by atoms with van der Waals surface area (Å²) in [6.45, 7) is 0. The Morgan fingerprint density at radius 2 is 1.80 bits per heavy atom. The number of carbonyl (C=O) groups excluding carboxylic acids is 1. The van der Waals surface area contributed by atoms with E-state index in [2.05, 4.69) is 25.0 Å². The third-order valence-corrected chi connectivity index (χ3v) is 4.23. The summed E-state index contributed by atoms with van der Waals surface area (Å²) in [5, 5.41) is 0. The van der Waals surface area contributed by atoms with Crippen LogP contribution in [0.3, 0.4) is 0 Å². The van der Waals surface area contributed by atoms with Crippen LogP contribution in [0.4, 0.5) is 0 Å². The van der Waals surface area contributed by atoms with Crippen LogP contribution in [0.1, 0.15) is 10.4 Å². The average Bonchev–Trinajstić information content (AvgIpc) is 2.28. The molecular formula is C9H10BrO4P. The number of hydrogen-bond donors (Lipinski definition) is 0. The molecule has 1 aromatic rings. The molecule has 4 nitrogen and oxygen atoms in total. The highest BCUT2D eigenvalue weighted by Crippen LogP contribution is 2.50. The molecular weight excluding hydrogens is 283 g/mol. The molecule has 0 fully saturated rings. The van der Waals surface area contributed by atoms with Gasteiger partial charge in [-0.2, -0.15) is 0 Å². The van der Waals surface area contributed by atoms with Crippen molar-refractivity contribution in [1.29, 1.82) is 0 Å². The lowest BCUT2D eigenvalue weighted by molar-refractivity contribution is 0.102. The zero-order valence-corrected chi connectivity index (χ0v) is 10.7. The van der Waals surface area contributed by atoms with Gasteiger partial charge >= 0.3 is 7.60 Å². The maximum atomic E-state index is 11.8. The Morgan fingerprint density at radius 1 is 1.27 bits per heavy atom. The summed E-state index contributed by atoms with van der Waals surface area (Å²) in [5.41, 5.74) is -0.371. The van der Waals surface area contributed by atoms with Gasteiger partial charge in [0.25, 0.3) is 5.52 Å². The molecule has 0 bridgehead atoms. The summed E-state index contributed by atoms with van der Waals surface area (Å²) in [6.07, 6.45) is 0. The molecule has 0 atom stereocenters. The van der Waals surface area contributed by atoms with E-state index in [1.165, 1.54) is 14.2 Å². The molecule has 0 unspecified atom stereocenters. The van der Waals surface area contributed by atoms with Gasteiger partial charge in [-0.15, -0.1) is 0 Å². The van der Waals surface area contributed by atoms with Crippen molar-refractivity contribution < 1.29 is 18.4 Å². The Balaban J connectivity index is 3.15. The van der Waals surface area contributed by atoms with E-state index in [1.54, 1.807) is 24.3 Å². The molecule has 0 aliphatic carbocycles. The van der Waals surface area contributed by atoms with Gasteiger partial charge in [0.2, 0.25) is 0 Å². The molecule has 0 heterocycles. The lowest BCUT2D eigenvalue weighted by atomic mass is 10.2. The van der Waals surface area contributed by atoms with Crippen molar-refractivity contribution in [2.75, 3.05) is 14.2 Å². The van der Waals surface area contributed by atoms with Crippen LogP contribution in [-0.2, 0) is 13.6 Å². The van der Waals surface area contributed by atoms with Gasteiger partial charge in [-0.25, -0.2) is 0 Å². The van der Waals surface area contributed by atoms with E-state index in [1.807, 2.05) is 0 Å². The lowest BCUT2D eigenvalue weighted by Gasteiger charge is -2.12. The first-order valence-electron chi connectivity index (χ1n) is 4.06. The number of halogens is 1. The first-order valence-corrected chi connectivity index (χ1v) is 6.39. The molecule has 82 valence electrons. The molecule has 0 aliphatic rings. The minimum absolute atomic E-state index is 0.282. The van der Waals surface area contributed by atoms with Gasteiger partial charge in [0.15, 0.2) is 0 Å². The van der Waals surface area contributed by atoms with E-state index in [9.17, 15) is 9.36 Å². The molecule has 0 saturated carbocycles. The van der Waals surface area contributed by atoms with Crippen LogP contribution in [-0.4, -0.2) is 19.7 Å². The largest absolute Gasteiger partial charge is 0.401 e. The van der Waals surface area contributed by atoms with Gasteiger partial charge < -0.3 is 9.05 Å². The van der Waals surface area contributed by atoms with Crippen molar-refractivity contribution in [2.24, 2.45) is 0 Å². The highest BCUT2D eigenvalue weighted by molar-refractivity contribution is 9.10. The highest BCUT2D eigenvalue weighted by atomic mass is 79.9. The molecule has 0 radical (unpaired) electrons. The predicted molar refractivity (Wildman–Crippen MR) is 60.1 cm³/mol. The van der Waals surface area contributed by atoms with Crippen LogP contribution >= 0.6 is 23.5 Å². The van der Waals surface area contributed by atoms with Crippen molar-refractivity contribution in [3.05, 3.63) is 34.3 Å². The van der Waals surface area contributed by atoms with Gasteiger partial charge in [0.05, 0.1) is 0 Å². The van der Waals surface area contributed by atoms with E-state index in [0.29, 0.717) is 4.47 Å². The Bertz CT molecular complexity index is 410. The van der Waals surface area contributed by atoms with E-state index in [-0.39, 0.29) is 5.56 Å². The SMILES string of the molecule is COP(=O)(OC)C(=O)c1ccccc1Br. The van der Waals surface area contributed by atoms with Crippen molar-refractivity contribution >= 4 is 29.1 Å². The van der Waals surface area contributed by atoms with E-state index >= 15 is 0 Å². The second-order valence-corrected chi connectivity index (χ2v) is 5.63. The Hall–Kier alpha value is -0.480. The minimum Gasteiger partial charge on any atom is -0.306 e. The van der Waals surface area contributed by atoms with Crippen LogP contribution < -0.4 is 0 Å². The Morgan fingerprint density at radius 3 is 2.27 bits per heavy atom. The summed E-state index contributed by atoms with van der Waals surface area (Å²) in [5.74, 6) is 0. The molecule has 0 saturated heterocycles. The smallest absolute Gasteiger partial charge is 0.306 e. The van der Waals surface area contributed by atoms with Crippen LogP contribution in [0, 0.1) is 0 Å². The first-order chi connectivity index (χ1) is 7.05. The zero-order chi connectivity index (χ0) is 11.5.